The minimum atomic E-state index is 1.01. The fourth-order valence-corrected chi connectivity index (χ4v) is 3.83. The van der Waals surface area contributed by atoms with Crippen LogP contribution in [0.4, 0.5) is 0 Å². The summed E-state index contributed by atoms with van der Waals surface area (Å²) in [6.07, 6.45) is 5.30. The summed E-state index contributed by atoms with van der Waals surface area (Å²) in [6, 6.07) is 13.3. The van der Waals surface area contributed by atoms with Crippen molar-refractivity contribution in [1.82, 2.24) is 9.78 Å². The van der Waals surface area contributed by atoms with Crippen LogP contribution in [0.1, 0.15) is 53.3 Å². The van der Waals surface area contributed by atoms with Crippen molar-refractivity contribution in [2.75, 3.05) is 0 Å². The zero-order valence-electron chi connectivity index (χ0n) is 17.3. The van der Waals surface area contributed by atoms with Crippen LogP contribution >= 0.6 is 0 Å². The number of nitrogens with zero attached hydrogens (tertiary/aromatic N) is 2. The van der Waals surface area contributed by atoms with Crippen molar-refractivity contribution in [2.24, 2.45) is 0 Å². The lowest BCUT2D eigenvalue weighted by Crippen LogP contribution is -2.04. The third-order valence-electron chi connectivity index (χ3n) is 5.11. The Morgan fingerprint density at radius 1 is 0.963 bits per heavy atom. The topological polar surface area (TPSA) is 17.8 Å². The van der Waals surface area contributed by atoms with Gasteiger partial charge in [0.2, 0.25) is 0 Å². The molecule has 0 fully saturated rings. The van der Waals surface area contributed by atoms with Crippen LogP contribution in [0.5, 0.6) is 0 Å². The van der Waals surface area contributed by atoms with Crippen molar-refractivity contribution in [2.45, 2.75) is 53.9 Å². The van der Waals surface area contributed by atoms with Crippen LogP contribution in [0.15, 0.2) is 43.0 Å². The molecule has 27 heavy (non-hydrogen) atoms. The molecule has 140 valence electrons. The largest absolute Gasteiger partial charge is 0.233 e. The summed E-state index contributed by atoms with van der Waals surface area (Å²) in [5.74, 6) is 0. The zero-order valence-corrected chi connectivity index (χ0v) is 17.3. The maximum atomic E-state index is 5.01. The molecule has 0 bridgehead atoms. The van der Waals surface area contributed by atoms with Crippen LogP contribution in [0.2, 0.25) is 0 Å². The predicted octanol–water partition coefficient (Wildman–Crippen LogP) is 6.76. The van der Waals surface area contributed by atoms with Crippen LogP contribution in [0, 0.1) is 27.7 Å². The highest BCUT2D eigenvalue weighted by Gasteiger charge is 2.17. The van der Waals surface area contributed by atoms with Crippen LogP contribution in [0.25, 0.3) is 23.0 Å². The molecule has 0 unspecified atom stereocenters. The van der Waals surface area contributed by atoms with Gasteiger partial charge in [-0.1, -0.05) is 61.4 Å². The molecule has 0 aliphatic carbocycles. The highest BCUT2D eigenvalue weighted by Crippen LogP contribution is 2.33. The number of aryl methyl sites for hydroxylation is 5. The van der Waals surface area contributed by atoms with E-state index in [2.05, 4.69) is 82.3 Å². The van der Waals surface area contributed by atoms with E-state index in [1.165, 1.54) is 39.8 Å². The molecule has 3 aromatic rings. The first-order valence-corrected chi connectivity index (χ1v) is 9.85. The lowest BCUT2D eigenvalue weighted by atomic mass is 9.95. The van der Waals surface area contributed by atoms with Gasteiger partial charge in [-0.05, 0) is 69.4 Å². The second-order valence-corrected chi connectivity index (χ2v) is 7.58. The molecule has 0 radical (unpaired) electrons. The highest BCUT2D eigenvalue weighted by molar-refractivity contribution is 5.77. The third-order valence-corrected chi connectivity index (χ3v) is 5.11. The summed E-state index contributed by atoms with van der Waals surface area (Å²) in [5.41, 5.74) is 10.9. The van der Waals surface area contributed by atoms with Gasteiger partial charge in [0.15, 0.2) is 0 Å². The van der Waals surface area contributed by atoms with Crippen LogP contribution in [-0.4, -0.2) is 9.78 Å². The van der Waals surface area contributed by atoms with E-state index in [0.29, 0.717) is 0 Å². The van der Waals surface area contributed by atoms with Crippen molar-refractivity contribution in [1.29, 1.82) is 0 Å². The average molecular weight is 359 g/mol. The summed E-state index contributed by atoms with van der Waals surface area (Å²) in [7, 11) is 0. The molecule has 1 aromatic heterocycles. The first-order valence-electron chi connectivity index (χ1n) is 9.85. The van der Waals surface area contributed by atoms with Crippen molar-refractivity contribution in [3.8, 4) is 16.9 Å². The molecule has 1 heterocycles. The Balaban J connectivity index is 2.26. The Hall–Kier alpha value is -2.61. The van der Waals surface area contributed by atoms with Gasteiger partial charge in [-0.3, -0.25) is 0 Å². The maximum Gasteiger partial charge on any atom is 0.0752 e. The molecule has 0 saturated heterocycles. The molecule has 0 spiro atoms. The van der Waals surface area contributed by atoms with E-state index in [4.69, 9.17) is 5.10 Å². The van der Waals surface area contributed by atoms with Crippen molar-refractivity contribution < 1.29 is 0 Å². The molecule has 0 saturated carbocycles. The summed E-state index contributed by atoms with van der Waals surface area (Å²) in [4.78, 5) is 0. The van der Waals surface area contributed by atoms with Crippen LogP contribution in [0.3, 0.4) is 0 Å². The lowest BCUT2D eigenvalue weighted by molar-refractivity contribution is 0.752. The van der Waals surface area contributed by atoms with E-state index >= 15 is 0 Å². The SMILES string of the molecule is C=Cc1cc(C)cc(C)c1-c1cc(CCCC)nn1-c1ccc(C)cc1C. The van der Waals surface area contributed by atoms with Crippen molar-refractivity contribution in [3.05, 3.63) is 76.5 Å². The van der Waals surface area contributed by atoms with Gasteiger partial charge in [0.05, 0.1) is 17.1 Å². The summed E-state index contributed by atoms with van der Waals surface area (Å²) < 4.78 is 2.13. The van der Waals surface area contributed by atoms with Crippen molar-refractivity contribution in [3.63, 3.8) is 0 Å². The molecular weight excluding hydrogens is 328 g/mol. The fourth-order valence-electron chi connectivity index (χ4n) is 3.83. The molecule has 2 nitrogen and oxygen atoms in total. The third kappa shape index (κ3) is 3.90. The van der Waals surface area contributed by atoms with Gasteiger partial charge >= 0.3 is 0 Å². The summed E-state index contributed by atoms with van der Waals surface area (Å²) in [5, 5.41) is 5.01. The number of rotatable bonds is 6. The number of benzene rings is 2. The highest BCUT2D eigenvalue weighted by atomic mass is 15.3. The van der Waals surface area contributed by atoms with Crippen LogP contribution < -0.4 is 0 Å². The molecule has 3 rings (SSSR count). The molecule has 2 heteroatoms. The Morgan fingerprint density at radius 2 is 1.70 bits per heavy atom. The number of unbranched alkanes of at least 4 members (excludes halogenated alkanes) is 1. The van der Waals surface area contributed by atoms with Gasteiger partial charge in [0, 0.05) is 5.56 Å². The van der Waals surface area contributed by atoms with E-state index < -0.39 is 0 Å². The van der Waals surface area contributed by atoms with E-state index in [0.717, 1.165) is 29.9 Å². The Morgan fingerprint density at radius 3 is 2.37 bits per heavy atom. The molecule has 0 aliphatic rings. The van der Waals surface area contributed by atoms with Gasteiger partial charge in [-0.2, -0.15) is 5.10 Å². The first-order chi connectivity index (χ1) is 12.9. The van der Waals surface area contributed by atoms with Crippen molar-refractivity contribution >= 4 is 6.08 Å². The first kappa shape index (κ1) is 19.2. The Bertz CT molecular complexity index is 976. The minimum Gasteiger partial charge on any atom is -0.233 e. The quantitative estimate of drug-likeness (QED) is 0.476. The zero-order chi connectivity index (χ0) is 19.6. The number of hydrogen-bond donors (Lipinski definition) is 0. The summed E-state index contributed by atoms with van der Waals surface area (Å²) >= 11 is 0. The Kier molecular flexibility index (Phi) is 5.65. The van der Waals surface area contributed by atoms with Gasteiger partial charge in [-0.25, -0.2) is 4.68 Å². The Labute approximate surface area is 163 Å². The van der Waals surface area contributed by atoms with Gasteiger partial charge in [-0.15, -0.1) is 0 Å². The molecule has 0 aliphatic heterocycles. The second kappa shape index (κ2) is 7.96. The predicted molar refractivity (Wildman–Crippen MR) is 117 cm³/mol. The molecule has 2 aromatic carbocycles. The van der Waals surface area contributed by atoms with Gasteiger partial charge in [0.1, 0.15) is 0 Å². The number of aromatic nitrogens is 2. The van der Waals surface area contributed by atoms with Gasteiger partial charge in [0.25, 0.3) is 0 Å². The monoisotopic (exact) mass is 358 g/mol. The van der Waals surface area contributed by atoms with E-state index in [9.17, 15) is 0 Å². The molecular formula is C25H30N2. The van der Waals surface area contributed by atoms with E-state index in [-0.39, 0.29) is 0 Å². The van der Waals surface area contributed by atoms with Gasteiger partial charge < -0.3 is 0 Å². The second-order valence-electron chi connectivity index (χ2n) is 7.58. The van der Waals surface area contributed by atoms with E-state index in [1.54, 1.807) is 0 Å². The molecule has 0 N–H and O–H groups in total. The normalized spacial score (nSPS) is 11.0. The molecule has 0 amide bonds. The standard InChI is InChI=1S/C25H30N2/c1-7-9-10-22-16-24(25-20(6)14-18(4)15-21(25)8-2)27(26-22)23-12-11-17(3)13-19(23)5/h8,11-16H,2,7,9-10H2,1,3-6H3. The summed E-state index contributed by atoms with van der Waals surface area (Å²) in [6.45, 7) is 14.9. The lowest BCUT2D eigenvalue weighted by Gasteiger charge is -2.15. The smallest absolute Gasteiger partial charge is 0.0752 e. The number of hydrogen-bond acceptors (Lipinski definition) is 1. The fraction of sp³-hybridized carbons (Fsp3) is 0.320. The molecule has 0 atom stereocenters. The van der Waals surface area contributed by atoms with E-state index in [1.807, 2.05) is 6.08 Å². The van der Waals surface area contributed by atoms with Crippen LogP contribution in [-0.2, 0) is 6.42 Å². The average Bonchev–Trinajstić information content (AvgIpc) is 3.02. The minimum absolute atomic E-state index is 1.01. The maximum absolute atomic E-state index is 5.01.